The molecule has 210 valence electrons. The van der Waals surface area contributed by atoms with E-state index in [9.17, 15) is 14.4 Å². The predicted octanol–water partition coefficient (Wildman–Crippen LogP) is 4.40. The van der Waals surface area contributed by atoms with Crippen LogP contribution < -0.4 is 0 Å². The van der Waals surface area contributed by atoms with Crippen LogP contribution in [-0.4, -0.2) is 64.7 Å². The van der Waals surface area contributed by atoms with Crippen LogP contribution in [0.3, 0.4) is 0 Å². The molecule has 0 amide bonds. The molecule has 1 aromatic carbocycles. The van der Waals surface area contributed by atoms with Crippen molar-refractivity contribution < 1.29 is 38.1 Å². The Morgan fingerprint density at radius 1 is 0.868 bits per heavy atom. The standard InChI is InChI=1S/C30H42O8/c1-28(2,3)30(26(32)22-14-37-18-38-15-22)16-29(4,5)11-23(25(31)21-12-35-17-36-13-21)24(30)19-7-9-20(10-8-19)27(33)34-6/h7-10,21-24H,11-18H2,1-6H3. The summed E-state index contributed by atoms with van der Waals surface area (Å²) in [5.41, 5.74) is -0.384. The fourth-order valence-corrected chi connectivity index (χ4v) is 7.02. The van der Waals surface area contributed by atoms with Crippen LogP contribution >= 0.6 is 0 Å². The molecule has 3 aliphatic rings. The van der Waals surface area contributed by atoms with E-state index in [0.717, 1.165) is 5.56 Å². The number of ether oxygens (including phenoxy) is 5. The minimum Gasteiger partial charge on any atom is -0.465 e. The van der Waals surface area contributed by atoms with Gasteiger partial charge in [0, 0.05) is 17.3 Å². The minimum atomic E-state index is -0.896. The van der Waals surface area contributed by atoms with Gasteiger partial charge in [0.05, 0.1) is 50.9 Å². The van der Waals surface area contributed by atoms with Gasteiger partial charge in [0.25, 0.3) is 0 Å². The van der Waals surface area contributed by atoms with Gasteiger partial charge in [0.1, 0.15) is 25.2 Å². The number of esters is 1. The third-order valence-corrected chi connectivity index (χ3v) is 8.68. The van der Waals surface area contributed by atoms with Gasteiger partial charge in [-0.15, -0.1) is 0 Å². The zero-order valence-corrected chi connectivity index (χ0v) is 23.5. The van der Waals surface area contributed by atoms with Crippen LogP contribution in [0, 0.1) is 34.0 Å². The van der Waals surface area contributed by atoms with E-state index in [2.05, 4.69) is 34.6 Å². The summed E-state index contributed by atoms with van der Waals surface area (Å²) in [4.78, 5) is 41.2. The van der Waals surface area contributed by atoms with Crippen molar-refractivity contribution in [2.75, 3.05) is 47.1 Å². The summed E-state index contributed by atoms with van der Waals surface area (Å²) in [6.07, 6.45) is 1.25. The van der Waals surface area contributed by atoms with Crippen molar-refractivity contribution in [2.24, 2.45) is 34.0 Å². The van der Waals surface area contributed by atoms with Gasteiger partial charge in [0.15, 0.2) is 0 Å². The predicted molar refractivity (Wildman–Crippen MR) is 139 cm³/mol. The van der Waals surface area contributed by atoms with E-state index >= 15 is 0 Å². The van der Waals surface area contributed by atoms with Gasteiger partial charge in [-0.05, 0) is 41.4 Å². The van der Waals surface area contributed by atoms with E-state index in [4.69, 9.17) is 23.7 Å². The molecule has 3 atom stereocenters. The smallest absolute Gasteiger partial charge is 0.337 e. The Balaban J connectivity index is 1.90. The number of rotatable bonds is 6. The van der Waals surface area contributed by atoms with Crippen molar-refractivity contribution >= 4 is 17.5 Å². The second kappa shape index (κ2) is 11.2. The molecule has 2 saturated heterocycles. The number of ketones is 2. The van der Waals surface area contributed by atoms with Crippen molar-refractivity contribution in [2.45, 2.75) is 53.4 Å². The molecule has 4 rings (SSSR count). The van der Waals surface area contributed by atoms with E-state index in [1.54, 1.807) is 12.1 Å². The molecule has 1 aromatic rings. The molecule has 0 aromatic heterocycles. The van der Waals surface area contributed by atoms with Crippen molar-refractivity contribution in [1.82, 2.24) is 0 Å². The molecule has 8 heteroatoms. The number of methoxy groups -OCH3 is 1. The molecule has 3 fully saturated rings. The average molecular weight is 531 g/mol. The van der Waals surface area contributed by atoms with E-state index in [1.165, 1.54) is 7.11 Å². The summed E-state index contributed by atoms with van der Waals surface area (Å²) in [5, 5.41) is 0. The van der Waals surface area contributed by atoms with E-state index in [1.807, 2.05) is 12.1 Å². The average Bonchev–Trinajstić information content (AvgIpc) is 2.91. The Bertz CT molecular complexity index is 1010. The second-order valence-corrected chi connectivity index (χ2v) is 12.8. The molecule has 1 saturated carbocycles. The van der Waals surface area contributed by atoms with Gasteiger partial charge < -0.3 is 23.7 Å². The Labute approximate surface area is 225 Å². The van der Waals surface area contributed by atoms with Crippen molar-refractivity contribution in [1.29, 1.82) is 0 Å². The van der Waals surface area contributed by atoms with Crippen LogP contribution in [0.5, 0.6) is 0 Å². The zero-order valence-electron chi connectivity index (χ0n) is 23.5. The lowest BCUT2D eigenvalue weighted by molar-refractivity contribution is -0.177. The topological polar surface area (TPSA) is 97.4 Å². The first-order chi connectivity index (χ1) is 17.9. The van der Waals surface area contributed by atoms with Crippen molar-refractivity contribution in [3.05, 3.63) is 35.4 Å². The third-order valence-electron chi connectivity index (χ3n) is 8.68. The molecule has 8 nitrogen and oxygen atoms in total. The number of hydrogen-bond acceptors (Lipinski definition) is 8. The summed E-state index contributed by atoms with van der Waals surface area (Å²) in [7, 11) is 1.35. The van der Waals surface area contributed by atoms with Gasteiger partial charge in [-0.25, -0.2) is 4.79 Å². The maximum atomic E-state index is 14.8. The lowest BCUT2D eigenvalue weighted by Crippen LogP contribution is -2.60. The van der Waals surface area contributed by atoms with Gasteiger partial charge in [0.2, 0.25) is 0 Å². The minimum absolute atomic E-state index is 0.0667. The molecular weight excluding hydrogens is 488 g/mol. The zero-order chi connectivity index (χ0) is 27.7. The van der Waals surface area contributed by atoms with E-state index in [0.29, 0.717) is 44.8 Å². The summed E-state index contributed by atoms with van der Waals surface area (Å²) < 4.78 is 27.1. The van der Waals surface area contributed by atoms with E-state index in [-0.39, 0.29) is 30.6 Å². The van der Waals surface area contributed by atoms with Gasteiger partial charge in [-0.1, -0.05) is 46.8 Å². The molecule has 3 unspecified atom stereocenters. The maximum Gasteiger partial charge on any atom is 0.337 e. The summed E-state index contributed by atoms with van der Waals surface area (Å²) in [6.45, 7) is 12.2. The number of benzene rings is 1. The first-order valence-corrected chi connectivity index (χ1v) is 13.5. The fourth-order valence-electron chi connectivity index (χ4n) is 7.02. The highest BCUT2D eigenvalue weighted by Gasteiger charge is 2.63. The number of Topliss-reactive ketones (excluding diaryl/α,β-unsaturated/α-hetero) is 2. The molecule has 0 N–H and O–H groups in total. The van der Waals surface area contributed by atoms with Gasteiger partial charge in [-0.2, -0.15) is 0 Å². The third kappa shape index (κ3) is 5.46. The highest BCUT2D eigenvalue weighted by molar-refractivity contribution is 5.93. The Hall–Kier alpha value is -2.13. The highest BCUT2D eigenvalue weighted by atomic mass is 16.7. The maximum absolute atomic E-state index is 14.8. The normalized spacial score (nSPS) is 29.0. The quantitative estimate of drug-likeness (QED) is 0.499. The van der Waals surface area contributed by atoms with Crippen LogP contribution in [0.25, 0.3) is 0 Å². The van der Waals surface area contributed by atoms with Crippen LogP contribution in [0.15, 0.2) is 24.3 Å². The van der Waals surface area contributed by atoms with Gasteiger partial charge >= 0.3 is 5.97 Å². The monoisotopic (exact) mass is 530 g/mol. The van der Waals surface area contributed by atoms with Crippen LogP contribution in [0.2, 0.25) is 0 Å². The van der Waals surface area contributed by atoms with E-state index < -0.39 is 40.5 Å². The Kier molecular flexibility index (Phi) is 8.48. The lowest BCUT2D eigenvalue weighted by Gasteiger charge is -2.59. The van der Waals surface area contributed by atoms with Crippen LogP contribution in [-0.2, 0) is 33.3 Å². The lowest BCUT2D eigenvalue weighted by atomic mass is 9.42. The SMILES string of the molecule is COC(=O)c1ccc(C2C(C(=O)C3COCOC3)CC(C)(C)CC2(C(=O)C2COCOC2)C(C)(C)C)cc1. The molecule has 2 heterocycles. The highest BCUT2D eigenvalue weighted by Crippen LogP contribution is 2.65. The summed E-state index contributed by atoms with van der Waals surface area (Å²) in [6, 6.07) is 7.20. The number of carbonyl (C=O) groups is 3. The molecule has 2 aliphatic heterocycles. The number of carbonyl (C=O) groups excluding carboxylic acids is 3. The molecule has 0 radical (unpaired) electrons. The fraction of sp³-hybridized carbons (Fsp3) is 0.700. The Morgan fingerprint density at radius 2 is 1.39 bits per heavy atom. The molecule has 0 bridgehead atoms. The molecular formula is C30H42O8. The number of hydrogen-bond donors (Lipinski definition) is 0. The summed E-state index contributed by atoms with van der Waals surface area (Å²) in [5.74, 6) is -1.96. The van der Waals surface area contributed by atoms with Crippen molar-refractivity contribution in [3.8, 4) is 0 Å². The largest absolute Gasteiger partial charge is 0.465 e. The first-order valence-electron chi connectivity index (χ1n) is 13.5. The molecule has 38 heavy (non-hydrogen) atoms. The van der Waals surface area contributed by atoms with Gasteiger partial charge in [-0.3, -0.25) is 9.59 Å². The second-order valence-electron chi connectivity index (χ2n) is 12.8. The summed E-state index contributed by atoms with van der Waals surface area (Å²) >= 11 is 0. The van der Waals surface area contributed by atoms with Crippen molar-refractivity contribution in [3.63, 3.8) is 0 Å². The molecule has 1 aliphatic carbocycles. The van der Waals surface area contributed by atoms with Crippen LogP contribution in [0.1, 0.15) is 69.3 Å². The Morgan fingerprint density at radius 3 is 1.89 bits per heavy atom. The first kappa shape index (κ1) is 28.9. The van der Waals surface area contributed by atoms with Crippen LogP contribution in [0.4, 0.5) is 0 Å². The molecule has 0 spiro atoms.